The molecule has 2 aromatic carbocycles. The molecule has 2 N–H and O–H groups in total. The summed E-state index contributed by atoms with van der Waals surface area (Å²) in [4.78, 5) is 51.0. The molecule has 0 unspecified atom stereocenters. The third-order valence-electron chi connectivity index (χ3n) is 6.29. The molecule has 0 saturated carbocycles. The van der Waals surface area contributed by atoms with E-state index in [2.05, 4.69) is 10.6 Å². The predicted molar refractivity (Wildman–Crippen MR) is 146 cm³/mol. The number of halogens is 1. The molecule has 0 aliphatic carbocycles. The SMILES string of the molecule is CNC(=O)c1c(N(C=O)c2cccc(C)c2)c(C)c(=O)n(C)c1Nc1ccc(C)cc1F.O=CN1CCC1. The van der Waals surface area contributed by atoms with E-state index in [4.69, 9.17) is 0 Å². The highest BCUT2D eigenvalue weighted by Gasteiger charge is 2.28. The summed E-state index contributed by atoms with van der Waals surface area (Å²) in [6, 6.07) is 11.7. The Bertz CT molecular complexity index is 1420. The van der Waals surface area contributed by atoms with Crippen molar-refractivity contribution in [1.82, 2.24) is 14.8 Å². The molecule has 1 fully saturated rings. The highest BCUT2D eigenvalue weighted by atomic mass is 19.1. The fraction of sp³-hybridized carbons (Fsp3) is 0.286. The van der Waals surface area contributed by atoms with Crippen LogP contribution in [0.1, 0.15) is 33.5 Å². The number of amides is 3. The second kappa shape index (κ2) is 12.2. The smallest absolute Gasteiger partial charge is 0.256 e. The van der Waals surface area contributed by atoms with Crippen molar-refractivity contribution in [3.8, 4) is 0 Å². The number of hydrogen-bond donors (Lipinski definition) is 2. The van der Waals surface area contributed by atoms with E-state index in [0.717, 1.165) is 30.6 Å². The first-order valence-corrected chi connectivity index (χ1v) is 12.1. The zero-order valence-corrected chi connectivity index (χ0v) is 22.2. The second-order valence-electron chi connectivity index (χ2n) is 9.06. The van der Waals surface area contributed by atoms with Crippen molar-refractivity contribution in [1.29, 1.82) is 0 Å². The van der Waals surface area contributed by atoms with E-state index in [1.54, 1.807) is 43.0 Å². The maximum atomic E-state index is 14.6. The summed E-state index contributed by atoms with van der Waals surface area (Å²) in [5, 5.41) is 5.44. The molecular formula is C28H32FN5O4. The van der Waals surface area contributed by atoms with Gasteiger partial charge in [-0.05, 0) is 62.6 Å². The Morgan fingerprint density at radius 1 is 1.05 bits per heavy atom. The summed E-state index contributed by atoms with van der Waals surface area (Å²) in [6.07, 6.45) is 2.64. The number of nitrogens with zero attached hydrogens (tertiary/aromatic N) is 3. The molecule has 1 aromatic heterocycles. The van der Waals surface area contributed by atoms with Gasteiger partial charge in [0.05, 0.1) is 11.4 Å². The molecule has 0 spiro atoms. The topological polar surface area (TPSA) is 104 Å². The Morgan fingerprint density at radius 2 is 1.74 bits per heavy atom. The number of likely N-dealkylation sites (tertiary alicyclic amines) is 1. The Labute approximate surface area is 220 Å². The van der Waals surface area contributed by atoms with Gasteiger partial charge in [-0.25, -0.2) is 4.39 Å². The average molecular weight is 522 g/mol. The van der Waals surface area contributed by atoms with Crippen molar-refractivity contribution in [2.75, 3.05) is 30.4 Å². The Hall–Kier alpha value is -4.47. The fourth-order valence-electron chi connectivity index (χ4n) is 4.02. The average Bonchev–Trinajstić information content (AvgIpc) is 2.86. The zero-order valence-electron chi connectivity index (χ0n) is 22.2. The largest absolute Gasteiger partial charge is 0.355 e. The van der Waals surface area contributed by atoms with Crippen molar-refractivity contribution in [2.45, 2.75) is 27.2 Å². The van der Waals surface area contributed by atoms with Crippen LogP contribution < -0.4 is 21.1 Å². The van der Waals surface area contributed by atoms with E-state index in [1.165, 1.54) is 42.1 Å². The van der Waals surface area contributed by atoms with Crippen LogP contribution in [-0.4, -0.2) is 48.3 Å². The van der Waals surface area contributed by atoms with Crippen LogP contribution in [0.4, 0.5) is 27.3 Å². The maximum absolute atomic E-state index is 14.6. The molecule has 3 amide bonds. The van der Waals surface area contributed by atoms with Crippen LogP contribution in [0.25, 0.3) is 0 Å². The fourth-order valence-corrected chi connectivity index (χ4v) is 4.02. The lowest BCUT2D eigenvalue weighted by Gasteiger charge is -2.26. The van der Waals surface area contributed by atoms with E-state index in [9.17, 15) is 23.6 Å². The quantitative estimate of drug-likeness (QED) is 0.462. The van der Waals surface area contributed by atoms with Crippen LogP contribution in [-0.2, 0) is 16.6 Å². The molecule has 1 aliphatic rings. The van der Waals surface area contributed by atoms with E-state index >= 15 is 0 Å². The van der Waals surface area contributed by atoms with Gasteiger partial charge in [-0.2, -0.15) is 0 Å². The third kappa shape index (κ3) is 5.91. The van der Waals surface area contributed by atoms with Crippen LogP contribution in [0.15, 0.2) is 47.3 Å². The third-order valence-corrected chi connectivity index (χ3v) is 6.29. The predicted octanol–water partition coefficient (Wildman–Crippen LogP) is 3.70. The van der Waals surface area contributed by atoms with Crippen LogP contribution in [0.5, 0.6) is 0 Å². The summed E-state index contributed by atoms with van der Waals surface area (Å²) in [5.41, 5.74) is 2.16. The first kappa shape index (κ1) is 28.1. The molecule has 0 radical (unpaired) electrons. The molecule has 2 heterocycles. The van der Waals surface area contributed by atoms with Gasteiger partial charge in [0.1, 0.15) is 17.2 Å². The van der Waals surface area contributed by atoms with Crippen molar-refractivity contribution < 1.29 is 18.8 Å². The number of carbonyl (C=O) groups is 3. The standard InChI is InChI=1S/C24H25FN4O3.C4H7NO/c1-14-7-6-8-17(11-14)29(13-30)21-16(3)24(32)28(5)22(20(21)23(31)26-4)27-19-10-9-15(2)12-18(19)25;6-4-5-2-1-3-5/h6-13,27H,1-5H3,(H,26,31);4H,1-3H2. The monoisotopic (exact) mass is 521 g/mol. The van der Waals surface area contributed by atoms with Crippen molar-refractivity contribution in [3.05, 3.63) is 80.9 Å². The van der Waals surface area contributed by atoms with Crippen molar-refractivity contribution in [3.63, 3.8) is 0 Å². The minimum Gasteiger partial charge on any atom is -0.355 e. The van der Waals surface area contributed by atoms with Crippen LogP contribution >= 0.6 is 0 Å². The van der Waals surface area contributed by atoms with Gasteiger partial charge in [0.25, 0.3) is 11.5 Å². The number of rotatable bonds is 7. The lowest BCUT2D eigenvalue weighted by molar-refractivity contribution is -0.121. The first-order chi connectivity index (χ1) is 18.1. The minimum absolute atomic E-state index is 0.0423. The summed E-state index contributed by atoms with van der Waals surface area (Å²) in [6.45, 7) is 7.13. The first-order valence-electron chi connectivity index (χ1n) is 12.1. The van der Waals surface area contributed by atoms with Crippen molar-refractivity contribution >= 4 is 41.6 Å². The van der Waals surface area contributed by atoms with E-state index in [-0.39, 0.29) is 28.3 Å². The number of aryl methyl sites for hydroxylation is 2. The molecule has 3 aromatic rings. The number of hydrogen-bond acceptors (Lipinski definition) is 5. The molecule has 0 bridgehead atoms. The minimum atomic E-state index is -0.534. The van der Waals surface area contributed by atoms with Gasteiger partial charge in [0.15, 0.2) is 0 Å². The lowest BCUT2D eigenvalue weighted by atomic mass is 10.1. The number of pyridine rings is 1. The number of aromatic nitrogens is 1. The second-order valence-corrected chi connectivity index (χ2v) is 9.06. The zero-order chi connectivity index (χ0) is 28.0. The van der Waals surface area contributed by atoms with E-state index < -0.39 is 17.3 Å². The molecule has 10 heteroatoms. The maximum Gasteiger partial charge on any atom is 0.256 e. The molecule has 1 aliphatic heterocycles. The Morgan fingerprint density at radius 3 is 2.24 bits per heavy atom. The van der Waals surface area contributed by atoms with Gasteiger partial charge >= 0.3 is 0 Å². The number of benzene rings is 2. The van der Waals surface area contributed by atoms with Gasteiger partial charge in [0.2, 0.25) is 12.8 Å². The van der Waals surface area contributed by atoms with Crippen LogP contribution in [0.2, 0.25) is 0 Å². The molecular weight excluding hydrogens is 489 g/mol. The molecule has 9 nitrogen and oxygen atoms in total. The van der Waals surface area contributed by atoms with Gasteiger partial charge in [-0.15, -0.1) is 0 Å². The Kier molecular flexibility index (Phi) is 9.01. The van der Waals surface area contributed by atoms with Gasteiger partial charge in [-0.1, -0.05) is 18.2 Å². The summed E-state index contributed by atoms with van der Waals surface area (Å²) < 4.78 is 15.8. The van der Waals surface area contributed by atoms with Crippen LogP contribution in [0, 0.1) is 26.6 Å². The molecule has 4 rings (SSSR count). The van der Waals surface area contributed by atoms with Gasteiger partial charge in [0, 0.05) is 38.4 Å². The molecule has 0 atom stereocenters. The highest BCUT2D eigenvalue weighted by molar-refractivity contribution is 6.08. The molecule has 1 saturated heterocycles. The van der Waals surface area contributed by atoms with E-state index in [1.807, 2.05) is 13.0 Å². The van der Waals surface area contributed by atoms with Gasteiger partial charge < -0.3 is 15.5 Å². The van der Waals surface area contributed by atoms with Gasteiger partial charge in [-0.3, -0.25) is 28.6 Å². The lowest BCUT2D eigenvalue weighted by Crippen LogP contribution is -2.35. The highest BCUT2D eigenvalue weighted by Crippen LogP contribution is 2.35. The summed E-state index contributed by atoms with van der Waals surface area (Å²) >= 11 is 0. The number of anilines is 4. The normalized spacial score (nSPS) is 12.0. The number of carbonyl (C=O) groups excluding carboxylic acids is 3. The van der Waals surface area contributed by atoms with Crippen molar-refractivity contribution in [2.24, 2.45) is 7.05 Å². The van der Waals surface area contributed by atoms with E-state index in [0.29, 0.717) is 12.1 Å². The molecule has 38 heavy (non-hydrogen) atoms. The summed E-state index contributed by atoms with van der Waals surface area (Å²) in [5.74, 6) is -1.00. The number of nitrogens with one attached hydrogen (secondary N) is 2. The summed E-state index contributed by atoms with van der Waals surface area (Å²) in [7, 11) is 2.93. The Balaban J connectivity index is 0.000000585. The van der Waals surface area contributed by atoms with Crippen LogP contribution in [0.3, 0.4) is 0 Å². The molecule has 200 valence electrons.